The van der Waals surface area contributed by atoms with Gasteiger partial charge in [0, 0.05) is 11.8 Å². The van der Waals surface area contributed by atoms with Crippen LogP contribution in [-0.2, 0) is 11.2 Å². The summed E-state index contributed by atoms with van der Waals surface area (Å²) in [6.45, 7) is 2.05. The summed E-state index contributed by atoms with van der Waals surface area (Å²) < 4.78 is 1.85. The zero-order chi connectivity index (χ0) is 25.2. The Bertz CT molecular complexity index is 1570. The molecule has 3 heterocycles. The molecule has 0 aliphatic heterocycles. The maximum atomic E-state index is 11.1. The zero-order valence-electron chi connectivity index (χ0n) is 19.1. The number of imidazole rings is 1. The van der Waals surface area contributed by atoms with Gasteiger partial charge in [-0.15, -0.1) is 0 Å². The third-order valence-electron chi connectivity index (χ3n) is 5.63. The smallest absolute Gasteiger partial charge is 0.309 e. The number of benzene rings is 2. The van der Waals surface area contributed by atoms with Crippen LogP contribution < -0.4 is 11.1 Å². The van der Waals surface area contributed by atoms with Crippen molar-refractivity contribution in [1.82, 2.24) is 29.5 Å². The Kier molecular flexibility index (Phi) is 6.17. The molecule has 0 radical (unpaired) electrons. The first-order valence-electron chi connectivity index (χ1n) is 11.0. The van der Waals surface area contributed by atoms with Crippen LogP contribution in [0, 0.1) is 0 Å². The zero-order valence-corrected chi connectivity index (χ0v) is 19.9. The number of nitrogen functional groups attached to an aromatic ring is 1. The summed E-state index contributed by atoms with van der Waals surface area (Å²) in [4.78, 5) is 33.1. The van der Waals surface area contributed by atoms with Crippen LogP contribution in [0.3, 0.4) is 0 Å². The van der Waals surface area contributed by atoms with E-state index in [2.05, 4.69) is 30.2 Å². The molecular weight excluding hydrogens is 480 g/mol. The fourth-order valence-corrected chi connectivity index (χ4v) is 4.08. The molecule has 0 aliphatic carbocycles. The highest BCUT2D eigenvalue weighted by Crippen LogP contribution is 2.30. The summed E-state index contributed by atoms with van der Waals surface area (Å²) >= 11 is 6.28. The molecule has 3 aromatic heterocycles. The third kappa shape index (κ3) is 4.66. The topological polar surface area (TPSA) is 145 Å². The lowest BCUT2D eigenvalue weighted by atomic mass is 10.1. The Morgan fingerprint density at radius 2 is 1.92 bits per heavy atom. The van der Waals surface area contributed by atoms with E-state index in [0.717, 1.165) is 11.1 Å². The van der Waals surface area contributed by atoms with Crippen molar-refractivity contribution in [2.45, 2.75) is 19.4 Å². The molecule has 11 heteroatoms. The molecule has 0 saturated carbocycles. The van der Waals surface area contributed by atoms with E-state index in [0.29, 0.717) is 28.5 Å². The van der Waals surface area contributed by atoms with Crippen LogP contribution in [0.25, 0.3) is 28.1 Å². The van der Waals surface area contributed by atoms with Crippen LogP contribution in [0.1, 0.15) is 24.2 Å². The predicted octanol–water partition coefficient (Wildman–Crippen LogP) is 4.31. The molecule has 0 aliphatic rings. The fraction of sp³-hybridized carbons (Fsp3) is 0.120. The molecule has 1 atom stereocenters. The number of anilines is 2. The lowest BCUT2D eigenvalue weighted by molar-refractivity contribution is -0.136. The number of halogens is 1. The monoisotopic (exact) mass is 500 g/mol. The molecule has 0 spiro atoms. The lowest BCUT2D eigenvalue weighted by Crippen LogP contribution is -2.10. The summed E-state index contributed by atoms with van der Waals surface area (Å²) in [5.74, 6) is 0.0795. The van der Waals surface area contributed by atoms with Crippen LogP contribution in [-0.4, -0.2) is 40.6 Å². The first-order chi connectivity index (χ1) is 17.4. The first kappa shape index (κ1) is 23.2. The SMILES string of the molecule is C[C@H](Nc1nccc(-n2cnc3cc(-c4nc(CC(=O)O)c(N)nc4Cl)ccc32)n1)c1ccccc1. The minimum atomic E-state index is -1.06. The molecule has 5 aromatic rings. The van der Waals surface area contributed by atoms with Crippen LogP contribution in [0.4, 0.5) is 11.8 Å². The van der Waals surface area contributed by atoms with Gasteiger partial charge in [-0.1, -0.05) is 48.0 Å². The predicted molar refractivity (Wildman–Crippen MR) is 137 cm³/mol. The average molecular weight is 501 g/mol. The summed E-state index contributed by atoms with van der Waals surface area (Å²) in [7, 11) is 0. The Labute approximate surface area is 210 Å². The minimum absolute atomic E-state index is 0.00809. The standard InChI is InChI=1S/C25H21ClN8O2/c1-14(15-5-3-2-4-6-15)30-25-28-10-9-20(32-25)34-13-29-17-11-16(7-8-19(17)34)22-23(26)33-24(27)18(31-22)12-21(35)36/h2-11,13-14H,12H2,1H3,(H2,27,33)(H,35,36)(H,28,30,32)/t14-/m0/s1. The largest absolute Gasteiger partial charge is 0.481 e. The molecule has 2 aromatic carbocycles. The van der Waals surface area contributed by atoms with E-state index in [1.807, 2.05) is 54.0 Å². The van der Waals surface area contributed by atoms with Crippen LogP contribution in [0.15, 0.2) is 67.1 Å². The molecule has 5 rings (SSSR count). The number of nitrogens with zero attached hydrogens (tertiary/aromatic N) is 6. The maximum absolute atomic E-state index is 11.1. The van der Waals surface area contributed by atoms with Crippen molar-refractivity contribution in [1.29, 1.82) is 0 Å². The second kappa shape index (κ2) is 9.59. The maximum Gasteiger partial charge on any atom is 0.309 e. The van der Waals surface area contributed by atoms with Crippen molar-refractivity contribution >= 4 is 40.4 Å². The van der Waals surface area contributed by atoms with Crippen LogP contribution >= 0.6 is 11.6 Å². The van der Waals surface area contributed by atoms with Gasteiger partial charge in [0.05, 0.1) is 29.2 Å². The Morgan fingerprint density at radius 3 is 2.69 bits per heavy atom. The normalized spacial score (nSPS) is 11.9. The first-order valence-corrected chi connectivity index (χ1v) is 11.4. The number of fused-ring (bicyclic) bond motifs is 1. The van der Waals surface area contributed by atoms with Crippen molar-refractivity contribution < 1.29 is 9.90 Å². The van der Waals surface area contributed by atoms with Crippen LogP contribution in [0.5, 0.6) is 0 Å². The molecular formula is C25H21ClN8O2. The highest BCUT2D eigenvalue weighted by Gasteiger charge is 2.16. The number of carbonyl (C=O) groups is 1. The van der Waals surface area contributed by atoms with Crippen molar-refractivity contribution in [2.75, 3.05) is 11.1 Å². The van der Waals surface area contributed by atoms with Gasteiger partial charge in [0.15, 0.2) is 5.15 Å². The molecule has 10 nitrogen and oxygen atoms in total. The number of nitrogens with two attached hydrogens (primary N) is 1. The Morgan fingerprint density at radius 1 is 1.11 bits per heavy atom. The number of hydrogen-bond donors (Lipinski definition) is 3. The number of carboxylic acids is 1. The molecule has 180 valence electrons. The van der Waals surface area contributed by atoms with Crippen molar-refractivity contribution in [3.63, 3.8) is 0 Å². The summed E-state index contributed by atoms with van der Waals surface area (Å²) in [5.41, 5.74) is 9.53. The van der Waals surface area contributed by atoms with E-state index in [1.165, 1.54) is 0 Å². The van der Waals surface area contributed by atoms with Gasteiger partial charge in [-0.3, -0.25) is 9.36 Å². The molecule has 36 heavy (non-hydrogen) atoms. The van der Waals surface area contributed by atoms with E-state index in [4.69, 9.17) is 22.4 Å². The number of hydrogen-bond acceptors (Lipinski definition) is 8. The van der Waals surface area contributed by atoms with Gasteiger partial charge in [-0.25, -0.2) is 19.9 Å². The Balaban J connectivity index is 1.46. The molecule has 0 bridgehead atoms. The quantitative estimate of drug-likeness (QED) is 0.297. The summed E-state index contributed by atoms with van der Waals surface area (Å²) in [6.07, 6.45) is 3.01. The average Bonchev–Trinajstić information content (AvgIpc) is 3.29. The number of rotatable bonds is 7. The second-order valence-electron chi connectivity index (χ2n) is 8.10. The minimum Gasteiger partial charge on any atom is -0.481 e. The number of carboxylic acid groups (broad SMARTS) is 1. The lowest BCUT2D eigenvalue weighted by Gasteiger charge is -2.14. The van der Waals surface area contributed by atoms with Gasteiger partial charge in [-0.2, -0.15) is 4.98 Å². The fourth-order valence-electron chi connectivity index (χ4n) is 3.83. The highest BCUT2D eigenvalue weighted by atomic mass is 35.5. The van der Waals surface area contributed by atoms with Crippen molar-refractivity contribution in [2.24, 2.45) is 0 Å². The van der Waals surface area contributed by atoms with E-state index in [-0.39, 0.29) is 29.1 Å². The van der Waals surface area contributed by atoms with Gasteiger partial charge in [0.25, 0.3) is 0 Å². The summed E-state index contributed by atoms with van der Waals surface area (Å²) in [6, 6.07) is 17.4. The van der Waals surface area contributed by atoms with Crippen molar-refractivity contribution in [3.8, 4) is 17.1 Å². The molecule has 0 saturated heterocycles. The number of aliphatic carboxylic acids is 1. The van der Waals surface area contributed by atoms with E-state index in [1.54, 1.807) is 24.7 Å². The van der Waals surface area contributed by atoms with E-state index >= 15 is 0 Å². The Hall–Kier alpha value is -4.57. The van der Waals surface area contributed by atoms with Gasteiger partial charge in [0.2, 0.25) is 5.95 Å². The van der Waals surface area contributed by atoms with Gasteiger partial charge in [-0.05, 0) is 30.7 Å². The third-order valence-corrected chi connectivity index (χ3v) is 5.89. The van der Waals surface area contributed by atoms with Crippen molar-refractivity contribution in [3.05, 3.63) is 83.5 Å². The van der Waals surface area contributed by atoms with E-state index in [9.17, 15) is 4.79 Å². The highest BCUT2D eigenvalue weighted by molar-refractivity contribution is 6.32. The van der Waals surface area contributed by atoms with Gasteiger partial charge >= 0.3 is 5.97 Å². The van der Waals surface area contributed by atoms with Crippen LogP contribution in [0.2, 0.25) is 5.15 Å². The van der Waals surface area contributed by atoms with E-state index < -0.39 is 5.97 Å². The molecule has 4 N–H and O–H groups in total. The second-order valence-corrected chi connectivity index (χ2v) is 8.46. The number of aromatic nitrogens is 6. The molecule has 0 fully saturated rings. The number of nitrogens with one attached hydrogen (secondary N) is 1. The molecule has 0 amide bonds. The summed E-state index contributed by atoms with van der Waals surface area (Å²) in [5, 5.41) is 12.5. The van der Waals surface area contributed by atoms with Gasteiger partial charge < -0.3 is 16.2 Å². The van der Waals surface area contributed by atoms with Gasteiger partial charge in [0.1, 0.15) is 23.7 Å². The molecule has 0 unspecified atom stereocenters.